The molecule has 0 radical (unpaired) electrons. The molecule has 1 heterocycles. The maximum atomic E-state index is 11.6. The van der Waals surface area contributed by atoms with Crippen LogP contribution in [0.15, 0.2) is 48.5 Å². The molecule has 1 aliphatic heterocycles. The number of hydrogen-bond donors (Lipinski definition) is 1. The summed E-state index contributed by atoms with van der Waals surface area (Å²) in [5, 5.41) is 10.2. The number of carboxylic acid groups (broad SMARTS) is 1. The number of carboxylic acids is 1. The molecule has 0 amide bonds. The molecule has 0 spiro atoms. The molecule has 108 valence electrons. The Bertz CT molecular complexity index is 671. The highest BCUT2D eigenvalue weighted by Gasteiger charge is 2.31. The van der Waals surface area contributed by atoms with Crippen molar-refractivity contribution in [2.75, 3.05) is 0 Å². The molecule has 0 fully saturated rings. The molecule has 21 heavy (non-hydrogen) atoms. The number of rotatable bonds is 3. The molecular formula is C17H16ClNO2. The molecule has 0 aromatic heterocycles. The average Bonchev–Trinajstić information content (AvgIpc) is 2.46. The van der Waals surface area contributed by atoms with E-state index in [1.165, 1.54) is 5.56 Å². The topological polar surface area (TPSA) is 40.5 Å². The van der Waals surface area contributed by atoms with Gasteiger partial charge in [0.25, 0.3) is 0 Å². The summed E-state index contributed by atoms with van der Waals surface area (Å²) in [6, 6.07) is 15.1. The summed E-state index contributed by atoms with van der Waals surface area (Å²) in [7, 11) is 0. The molecule has 0 saturated carbocycles. The lowest BCUT2D eigenvalue weighted by Crippen LogP contribution is -2.44. The minimum atomic E-state index is -0.772. The van der Waals surface area contributed by atoms with Crippen LogP contribution >= 0.6 is 11.6 Å². The van der Waals surface area contributed by atoms with Gasteiger partial charge in [0.1, 0.15) is 6.04 Å². The largest absolute Gasteiger partial charge is 0.480 e. The first-order valence-electron chi connectivity index (χ1n) is 6.91. The van der Waals surface area contributed by atoms with Gasteiger partial charge in [-0.3, -0.25) is 9.69 Å². The van der Waals surface area contributed by atoms with Crippen molar-refractivity contribution in [2.24, 2.45) is 0 Å². The summed E-state index contributed by atoms with van der Waals surface area (Å²) in [6.45, 7) is 1.24. The van der Waals surface area contributed by atoms with E-state index in [0.29, 0.717) is 24.5 Å². The van der Waals surface area contributed by atoms with Gasteiger partial charge in [-0.15, -0.1) is 0 Å². The monoisotopic (exact) mass is 301 g/mol. The van der Waals surface area contributed by atoms with Crippen LogP contribution in [0.1, 0.15) is 16.7 Å². The van der Waals surface area contributed by atoms with Crippen molar-refractivity contribution in [3.63, 3.8) is 0 Å². The molecule has 1 N–H and O–H groups in total. The van der Waals surface area contributed by atoms with Crippen molar-refractivity contribution in [1.82, 2.24) is 4.90 Å². The molecule has 0 bridgehead atoms. The summed E-state index contributed by atoms with van der Waals surface area (Å²) in [6.07, 6.45) is 0.548. The lowest BCUT2D eigenvalue weighted by molar-refractivity contribution is -0.144. The van der Waals surface area contributed by atoms with E-state index in [0.717, 1.165) is 11.1 Å². The third kappa shape index (κ3) is 3.09. The highest BCUT2D eigenvalue weighted by molar-refractivity contribution is 6.30. The first kappa shape index (κ1) is 14.1. The fraction of sp³-hybridized carbons (Fsp3) is 0.235. The lowest BCUT2D eigenvalue weighted by atomic mass is 9.93. The van der Waals surface area contributed by atoms with Crippen LogP contribution in [0.2, 0.25) is 5.02 Å². The molecule has 2 aromatic rings. The second kappa shape index (κ2) is 5.88. The Morgan fingerprint density at radius 2 is 1.95 bits per heavy atom. The van der Waals surface area contributed by atoms with Crippen LogP contribution in [0, 0.1) is 0 Å². The number of fused-ring (bicyclic) bond motifs is 1. The maximum absolute atomic E-state index is 11.6. The second-order valence-corrected chi connectivity index (χ2v) is 5.80. The van der Waals surface area contributed by atoms with Gasteiger partial charge in [-0.2, -0.15) is 0 Å². The van der Waals surface area contributed by atoms with E-state index in [-0.39, 0.29) is 0 Å². The Hall–Kier alpha value is -1.84. The van der Waals surface area contributed by atoms with Crippen LogP contribution in [0.4, 0.5) is 0 Å². The van der Waals surface area contributed by atoms with Crippen molar-refractivity contribution in [3.05, 3.63) is 70.2 Å². The molecule has 3 nitrogen and oxygen atoms in total. The van der Waals surface area contributed by atoms with Crippen molar-refractivity contribution in [1.29, 1.82) is 0 Å². The molecule has 1 atom stereocenters. The Labute approximate surface area is 128 Å². The van der Waals surface area contributed by atoms with Crippen LogP contribution < -0.4 is 0 Å². The summed E-state index contributed by atoms with van der Waals surface area (Å²) in [4.78, 5) is 13.6. The van der Waals surface area contributed by atoms with Crippen LogP contribution in [0.5, 0.6) is 0 Å². The summed E-state index contributed by atoms with van der Waals surface area (Å²) in [5.41, 5.74) is 3.37. The van der Waals surface area contributed by atoms with Gasteiger partial charge in [-0.1, -0.05) is 48.0 Å². The van der Waals surface area contributed by atoms with Gasteiger partial charge >= 0.3 is 5.97 Å². The zero-order valence-electron chi connectivity index (χ0n) is 11.5. The number of benzene rings is 2. The van der Waals surface area contributed by atoms with Crippen LogP contribution in [-0.2, 0) is 24.3 Å². The molecule has 1 aliphatic rings. The number of hydrogen-bond acceptors (Lipinski definition) is 2. The zero-order valence-corrected chi connectivity index (χ0v) is 12.3. The Balaban J connectivity index is 1.87. The predicted molar refractivity (Wildman–Crippen MR) is 82.3 cm³/mol. The minimum Gasteiger partial charge on any atom is -0.480 e. The molecule has 0 saturated heterocycles. The van der Waals surface area contributed by atoms with Crippen LogP contribution in [0.25, 0.3) is 0 Å². The normalized spacial score (nSPS) is 18.2. The van der Waals surface area contributed by atoms with Gasteiger partial charge in [0.15, 0.2) is 0 Å². The third-order valence-electron chi connectivity index (χ3n) is 3.91. The molecule has 1 unspecified atom stereocenters. The Morgan fingerprint density at radius 1 is 1.19 bits per heavy atom. The zero-order chi connectivity index (χ0) is 14.8. The summed E-state index contributed by atoms with van der Waals surface area (Å²) < 4.78 is 0. The smallest absolute Gasteiger partial charge is 0.321 e. The van der Waals surface area contributed by atoms with E-state index < -0.39 is 12.0 Å². The third-order valence-corrected chi connectivity index (χ3v) is 4.14. The number of nitrogens with zero attached hydrogens (tertiary/aromatic N) is 1. The molecular weight excluding hydrogens is 286 g/mol. The van der Waals surface area contributed by atoms with Gasteiger partial charge in [-0.25, -0.2) is 0 Å². The highest BCUT2D eigenvalue weighted by Crippen LogP contribution is 2.25. The summed E-state index contributed by atoms with van der Waals surface area (Å²) >= 11 is 6.01. The SMILES string of the molecule is O=C(O)C1Cc2ccccc2CN1Cc1cccc(Cl)c1. The van der Waals surface area contributed by atoms with E-state index in [2.05, 4.69) is 6.07 Å². The van der Waals surface area contributed by atoms with Gasteiger partial charge in [0, 0.05) is 18.1 Å². The van der Waals surface area contributed by atoms with Crippen LogP contribution in [0.3, 0.4) is 0 Å². The first-order chi connectivity index (χ1) is 10.1. The minimum absolute atomic E-state index is 0.487. The lowest BCUT2D eigenvalue weighted by Gasteiger charge is -2.34. The van der Waals surface area contributed by atoms with E-state index in [1.54, 1.807) is 0 Å². The van der Waals surface area contributed by atoms with Crippen molar-refractivity contribution < 1.29 is 9.90 Å². The van der Waals surface area contributed by atoms with Gasteiger partial charge in [0.2, 0.25) is 0 Å². The van der Waals surface area contributed by atoms with Crippen molar-refractivity contribution >= 4 is 17.6 Å². The molecule has 0 aliphatic carbocycles. The predicted octanol–water partition coefficient (Wildman–Crippen LogP) is 3.35. The fourth-order valence-electron chi connectivity index (χ4n) is 2.86. The van der Waals surface area contributed by atoms with E-state index in [9.17, 15) is 9.90 Å². The van der Waals surface area contributed by atoms with Gasteiger partial charge in [-0.05, 0) is 35.2 Å². The van der Waals surface area contributed by atoms with Crippen molar-refractivity contribution in [2.45, 2.75) is 25.6 Å². The average molecular weight is 302 g/mol. The first-order valence-corrected chi connectivity index (χ1v) is 7.29. The quantitative estimate of drug-likeness (QED) is 0.945. The second-order valence-electron chi connectivity index (χ2n) is 5.36. The van der Waals surface area contributed by atoms with Crippen LogP contribution in [-0.4, -0.2) is 22.0 Å². The number of carbonyl (C=O) groups is 1. The Morgan fingerprint density at radius 3 is 2.67 bits per heavy atom. The standard InChI is InChI=1S/C17H16ClNO2/c18-15-7-3-4-12(8-15)10-19-11-14-6-2-1-5-13(14)9-16(19)17(20)21/h1-8,16H,9-11H2,(H,20,21). The number of halogens is 1. The molecule has 2 aromatic carbocycles. The van der Waals surface area contributed by atoms with Gasteiger partial charge in [0.05, 0.1) is 0 Å². The van der Waals surface area contributed by atoms with E-state index in [1.807, 2.05) is 47.4 Å². The molecule has 4 heteroatoms. The summed E-state index contributed by atoms with van der Waals surface area (Å²) in [5.74, 6) is -0.772. The van der Waals surface area contributed by atoms with Crippen molar-refractivity contribution in [3.8, 4) is 0 Å². The maximum Gasteiger partial charge on any atom is 0.321 e. The fourth-order valence-corrected chi connectivity index (χ4v) is 3.07. The van der Waals surface area contributed by atoms with Gasteiger partial charge < -0.3 is 5.11 Å². The highest BCUT2D eigenvalue weighted by atomic mass is 35.5. The van der Waals surface area contributed by atoms with E-state index >= 15 is 0 Å². The molecule has 3 rings (SSSR count). The van der Waals surface area contributed by atoms with E-state index in [4.69, 9.17) is 11.6 Å². The number of aliphatic carboxylic acids is 1. The Kier molecular flexibility index (Phi) is 3.95.